The molecule has 0 bridgehead atoms. The fourth-order valence-corrected chi connectivity index (χ4v) is 3.83. The first kappa shape index (κ1) is 17.1. The minimum absolute atomic E-state index is 0.116. The van der Waals surface area contributed by atoms with Crippen molar-refractivity contribution in [2.45, 2.75) is 17.1 Å². The molecule has 0 radical (unpaired) electrons. The number of ether oxygens (including phenoxy) is 2. The van der Waals surface area contributed by atoms with E-state index in [1.54, 1.807) is 17.8 Å². The molecule has 1 aromatic heterocycles. The van der Waals surface area contributed by atoms with E-state index < -0.39 is 5.63 Å². The Bertz CT molecular complexity index is 1030. The quantitative estimate of drug-likeness (QED) is 0.520. The lowest BCUT2D eigenvalue weighted by molar-refractivity contribution is 0.297. The molecular formula is C19H15ClO5S. The van der Waals surface area contributed by atoms with Crippen LogP contribution in [0.4, 0.5) is 0 Å². The Labute approximate surface area is 158 Å². The van der Waals surface area contributed by atoms with Gasteiger partial charge in [0.1, 0.15) is 11.3 Å². The van der Waals surface area contributed by atoms with E-state index >= 15 is 0 Å². The molecule has 1 N–H and O–H groups in total. The van der Waals surface area contributed by atoms with Crippen molar-refractivity contribution in [2.24, 2.45) is 0 Å². The summed E-state index contributed by atoms with van der Waals surface area (Å²) < 4.78 is 16.5. The Morgan fingerprint density at radius 3 is 2.73 bits per heavy atom. The summed E-state index contributed by atoms with van der Waals surface area (Å²) in [5.74, 6) is 1.91. The number of halogens is 1. The van der Waals surface area contributed by atoms with Crippen molar-refractivity contribution >= 4 is 34.3 Å². The SMILES string of the molecule is O=c1cc(CSc2ccc3c(c2)OCCCO3)c2cc(Cl)c(O)cc2o1. The average Bonchev–Trinajstić information content (AvgIpc) is 2.86. The van der Waals surface area contributed by atoms with Gasteiger partial charge < -0.3 is 19.0 Å². The molecule has 4 rings (SSSR count). The smallest absolute Gasteiger partial charge is 0.336 e. The normalized spacial score (nSPS) is 13.6. The maximum atomic E-state index is 11.8. The Morgan fingerprint density at radius 2 is 1.88 bits per heavy atom. The van der Waals surface area contributed by atoms with Crippen LogP contribution < -0.4 is 15.1 Å². The molecule has 26 heavy (non-hydrogen) atoms. The lowest BCUT2D eigenvalue weighted by Crippen LogP contribution is -2.00. The second-order valence-electron chi connectivity index (χ2n) is 5.84. The standard InChI is InChI=1S/C19H15ClO5S/c20-14-8-13-11(6-19(22)25-17(13)9-15(14)21)10-26-12-2-3-16-18(7-12)24-5-1-4-23-16/h2-3,6-9,21H,1,4-5,10H2. The van der Waals surface area contributed by atoms with Crippen LogP contribution in [0.25, 0.3) is 11.0 Å². The first-order valence-electron chi connectivity index (χ1n) is 8.08. The number of phenols is 1. The van der Waals surface area contributed by atoms with E-state index in [0.717, 1.165) is 28.4 Å². The summed E-state index contributed by atoms with van der Waals surface area (Å²) in [4.78, 5) is 12.8. The second kappa shape index (κ2) is 7.13. The van der Waals surface area contributed by atoms with Crippen LogP contribution in [-0.4, -0.2) is 18.3 Å². The molecule has 1 aliphatic rings. The third-order valence-electron chi connectivity index (χ3n) is 4.01. The van der Waals surface area contributed by atoms with Crippen molar-refractivity contribution in [1.29, 1.82) is 0 Å². The number of thioether (sulfide) groups is 1. The molecule has 134 valence electrons. The van der Waals surface area contributed by atoms with Crippen LogP contribution in [0.2, 0.25) is 5.02 Å². The highest BCUT2D eigenvalue weighted by Gasteiger charge is 2.13. The Hall–Kier alpha value is -2.31. The molecule has 5 nitrogen and oxygen atoms in total. The molecule has 1 aliphatic heterocycles. The molecule has 0 amide bonds. The van der Waals surface area contributed by atoms with Gasteiger partial charge in [0, 0.05) is 34.6 Å². The van der Waals surface area contributed by atoms with Crippen LogP contribution in [0.1, 0.15) is 12.0 Å². The van der Waals surface area contributed by atoms with Gasteiger partial charge in [-0.15, -0.1) is 11.8 Å². The van der Waals surface area contributed by atoms with Gasteiger partial charge in [-0.3, -0.25) is 0 Å². The van der Waals surface area contributed by atoms with Crippen LogP contribution in [0.3, 0.4) is 0 Å². The summed E-state index contributed by atoms with van der Waals surface area (Å²) >= 11 is 7.57. The van der Waals surface area contributed by atoms with Crippen molar-refractivity contribution in [3.63, 3.8) is 0 Å². The summed E-state index contributed by atoms with van der Waals surface area (Å²) in [6, 6.07) is 10.2. The van der Waals surface area contributed by atoms with E-state index in [-0.39, 0.29) is 10.8 Å². The largest absolute Gasteiger partial charge is 0.506 e. The zero-order chi connectivity index (χ0) is 18.1. The maximum Gasteiger partial charge on any atom is 0.336 e. The van der Waals surface area contributed by atoms with Gasteiger partial charge in [0.05, 0.1) is 18.2 Å². The summed E-state index contributed by atoms with van der Waals surface area (Å²) in [6.45, 7) is 1.28. The molecule has 3 aromatic rings. The highest BCUT2D eigenvalue weighted by atomic mass is 35.5. The minimum Gasteiger partial charge on any atom is -0.506 e. The molecule has 0 unspecified atom stereocenters. The van der Waals surface area contributed by atoms with Crippen molar-refractivity contribution in [3.05, 3.63) is 57.4 Å². The number of aromatic hydroxyl groups is 1. The first-order valence-corrected chi connectivity index (χ1v) is 9.44. The molecule has 0 atom stereocenters. The Kier molecular flexibility index (Phi) is 4.70. The van der Waals surface area contributed by atoms with E-state index in [1.807, 2.05) is 18.2 Å². The molecule has 2 aromatic carbocycles. The zero-order valence-electron chi connectivity index (χ0n) is 13.7. The van der Waals surface area contributed by atoms with Gasteiger partial charge in [-0.05, 0) is 29.8 Å². The topological polar surface area (TPSA) is 68.9 Å². The molecule has 0 fully saturated rings. The maximum absolute atomic E-state index is 11.8. The average molecular weight is 391 g/mol. The fourth-order valence-electron chi connectivity index (χ4n) is 2.75. The third kappa shape index (κ3) is 3.48. The van der Waals surface area contributed by atoms with Crippen molar-refractivity contribution < 1.29 is 19.0 Å². The van der Waals surface area contributed by atoms with Gasteiger partial charge in [-0.25, -0.2) is 4.79 Å². The summed E-state index contributed by atoms with van der Waals surface area (Å²) in [7, 11) is 0. The second-order valence-corrected chi connectivity index (χ2v) is 7.29. The molecule has 0 spiro atoms. The third-order valence-corrected chi connectivity index (χ3v) is 5.36. The van der Waals surface area contributed by atoms with Crippen LogP contribution in [0.5, 0.6) is 17.2 Å². The van der Waals surface area contributed by atoms with Crippen molar-refractivity contribution in [3.8, 4) is 17.2 Å². The van der Waals surface area contributed by atoms with Crippen LogP contribution in [-0.2, 0) is 5.75 Å². The van der Waals surface area contributed by atoms with Crippen LogP contribution >= 0.6 is 23.4 Å². The zero-order valence-corrected chi connectivity index (χ0v) is 15.2. The highest BCUT2D eigenvalue weighted by Crippen LogP contribution is 2.36. The minimum atomic E-state index is -0.464. The highest BCUT2D eigenvalue weighted by molar-refractivity contribution is 7.98. The van der Waals surface area contributed by atoms with E-state index in [2.05, 4.69) is 0 Å². The lowest BCUT2D eigenvalue weighted by Gasteiger charge is -2.10. The number of phenolic OH excluding ortho intramolecular Hbond substituents is 1. The predicted octanol–water partition coefficient (Wildman–Crippen LogP) is 4.61. The van der Waals surface area contributed by atoms with Crippen LogP contribution in [0.15, 0.2) is 50.5 Å². The van der Waals surface area contributed by atoms with Gasteiger partial charge in [0.2, 0.25) is 0 Å². The summed E-state index contributed by atoms with van der Waals surface area (Å²) in [6.07, 6.45) is 0.858. The van der Waals surface area contributed by atoms with Crippen LogP contribution in [0, 0.1) is 0 Å². The van der Waals surface area contributed by atoms with Gasteiger partial charge in [-0.2, -0.15) is 0 Å². The van der Waals surface area contributed by atoms with Crippen molar-refractivity contribution in [2.75, 3.05) is 13.2 Å². The number of fused-ring (bicyclic) bond motifs is 2. The van der Waals surface area contributed by atoms with E-state index in [0.29, 0.717) is 29.9 Å². The van der Waals surface area contributed by atoms with Crippen molar-refractivity contribution in [1.82, 2.24) is 0 Å². The monoisotopic (exact) mass is 390 g/mol. The molecule has 2 heterocycles. The van der Waals surface area contributed by atoms with Gasteiger partial charge in [-0.1, -0.05) is 11.6 Å². The number of rotatable bonds is 3. The molecule has 0 saturated carbocycles. The van der Waals surface area contributed by atoms with Gasteiger partial charge in [0.15, 0.2) is 11.5 Å². The molecule has 0 saturated heterocycles. The number of benzene rings is 2. The molecule has 0 aliphatic carbocycles. The van der Waals surface area contributed by atoms with E-state index in [1.165, 1.54) is 12.1 Å². The predicted molar refractivity (Wildman–Crippen MR) is 101 cm³/mol. The number of hydrogen-bond acceptors (Lipinski definition) is 6. The number of hydrogen-bond donors (Lipinski definition) is 1. The Balaban J connectivity index is 1.63. The Morgan fingerprint density at radius 1 is 1.08 bits per heavy atom. The lowest BCUT2D eigenvalue weighted by atomic mass is 10.1. The fraction of sp³-hybridized carbons (Fsp3) is 0.211. The molecule has 7 heteroatoms. The molecular weight excluding hydrogens is 376 g/mol. The summed E-state index contributed by atoms with van der Waals surface area (Å²) in [5.41, 5.74) is 0.636. The van der Waals surface area contributed by atoms with E-state index in [4.69, 9.17) is 25.5 Å². The van der Waals surface area contributed by atoms with Gasteiger partial charge in [0.25, 0.3) is 0 Å². The van der Waals surface area contributed by atoms with Gasteiger partial charge >= 0.3 is 5.63 Å². The first-order chi connectivity index (χ1) is 12.6. The summed E-state index contributed by atoms with van der Waals surface area (Å²) in [5, 5.41) is 10.6. The van der Waals surface area contributed by atoms with E-state index in [9.17, 15) is 9.90 Å².